The lowest BCUT2D eigenvalue weighted by Crippen LogP contribution is -2.04. The van der Waals surface area contributed by atoms with Gasteiger partial charge < -0.3 is 15.6 Å². The van der Waals surface area contributed by atoms with Crippen LogP contribution in [0, 0.1) is 0 Å². The van der Waals surface area contributed by atoms with Gasteiger partial charge in [0.15, 0.2) is 11.5 Å². The number of nitrogens with two attached hydrogens (primary N) is 1. The monoisotopic (exact) mass is 213 g/mol. The minimum atomic E-state index is -1.10. The Labute approximate surface area is 88.7 Å². The summed E-state index contributed by atoms with van der Waals surface area (Å²) < 4.78 is 18.6. The summed E-state index contributed by atoms with van der Waals surface area (Å²) in [5.74, 6) is 0.343. The van der Waals surface area contributed by atoms with Crippen molar-refractivity contribution in [3.8, 4) is 11.5 Å². The Bertz CT molecular complexity index is 317. The number of phenolic OH excluding ortho intramolecular Hbond substituents is 1. The average molecular weight is 213 g/mol. The van der Waals surface area contributed by atoms with Crippen molar-refractivity contribution in [2.24, 2.45) is 5.73 Å². The lowest BCUT2D eigenvalue weighted by atomic mass is 10.1. The molecule has 1 rings (SSSR count). The Hall–Kier alpha value is -1.29. The first-order valence-corrected chi connectivity index (χ1v) is 4.98. The molecule has 0 aliphatic heterocycles. The van der Waals surface area contributed by atoms with E-state index in [0.29, 0.717) is 24.5 Å². The van der Waals surface area contributed by atoms with Crippen molar-refractivity contribution < 1.29 is 14.2 Å². The summed E-state index contributed by atoms with van der Waals surface area (Å²) >= 11 is 0. The number of hydrogen-bond acceptors (Lipinski definition) is 3. The molecule has 0 amide bonds. The zero-order chi connectivity index (χ0) is 11.3. The molecule has 0 aromatic heterocycles. The highest BCUT2D eigenvalue weighted by molar-refractivity contribution is 5.42. The molecule has 3 nitrogen and oxygen atoms in total. The van der Waals surface area contributed by atoms with E-state index in [2.05, 4.69) is 0 Å². The molecule has 0 aliphatic rings. The van der Waals surface area contributed by atoms with Crippen molar-refractivity contribution in [2.75, 3.05) is 13.2 Å². The molecular formula is C11H16FNO2. The third-order valence-corrected chi connectivity index (χ3v) is 2.07. The molecule has 0 saturated carbocycles. The van der Waals surface area contributed by atoms with E-state index in [9.17, 15) is 9.50 Å². The molecule has 1 aromatic rings. The Kier molecular flexibility index (Phi) is 4.37. The second-order valence-electron chi connectivity index (χ2n) is 3.21. The molecule has 0 aliphatic carbocycles. The number of halogens is 1. The first-order valence-electron chi connectivity index (χ1n) is 4.98. The van der Waals surface area contributed by atoms with Crippen molar-refractivity contribution in [1.29, 1.82) is 0 Å². The summed E-state index contributed by atoms with van der Waals surface area (Å²) in [7, 11) is 0. The highest BCUT2D eigenvalue weighted by Crippen LogP contribution is 2.31. The third kappa shape index (κ3) is 3.09. The second kappa shape index (κ2) is 5.56. The SMILES string of the molecule is CCOc1cc(C(F)CCN)ccc1O. The van der Waals surface area contributed by atoms with Gasteiger partial charge in [-0.2, -0.15) is 0 Å². The number of hydrogen-bond donors (Lipinski definition) is 2. The van der Waals surface area contributed by atoms with Gasteiger partial charge in [-0.1, -0.05) is 6.07 Å². The molecule has 3 N–H and O–H groups in total. The minimum absolute atomic E-state index is 0.0283. The molecule has 4 heteroatoms. The highest BCUT2D eigenvalue weighted by atomic mass is 19.1. The molecule has 0 saturated heterocycles. The standard InChI is InChI=1S/C11H16FNO2/c1-2-15-11-7-8(3-4-10(11)14)9(12)5-6-13/h3-4,7,9,14H,2,5-6,13H2,1H3. The fourth-order valence-electron chi connectivity index (χ4n) is 1.31. The van der Waals surface area contributed by atoms with Gasteiger partial charge in [-0.15, -0.1) is 0 Å². The molecule has 0 spiro atoms. The summed E-state index contributed by atoms with van der Waals surface area (Å²) in [6.07, 6.45) is -0.828. The molecule has 0 heterocycles. The maximum Gasteiger partial charge on any atom is 0.161 e. The first-order chi connectivity index (χ1) is 7.19. The minimum Gasteiger partial charge on any atom is -0.504 e. The van der Waals surface area contributed by atoms with Crippen LogP contribution in [0.25, 0.3) is 0 Å². The molecule has 15 heavy (non-hydrogen) atoms. The Morgan fingerprint density at radius 1 is 1.53 bits per heavy atom. The van der Waals surface area contributed by atoms with Gasteiger partial charge in [0.1, 0.15) is 6.17 Å². The molecule has 1 atom stereocenters. The van der Waals surface area contributed by atoms with E-state index in [1.165, 1.54) is 18.2 Å². The van der Waals surface area contributed by atoms with Gasteiger partial charge in [-0.05, 0) is 37.6 Å². The van der Waals surface area contributed by atoms with Crippen LogP contribution in [0.15, 0.2) is 18.2 Å². The predicted octanol–water partition coefficient (Wildman–Crippen LogP) is 2.15. The van der Waals surface area contributed by atoms with Gasteiger partial charge in [0.2, 0.25) is 0 Å². The van der Waals surface area contributed by atoms with Crippen LogP contribution in [0.2, 0.25) is 0 Å². The topological polar surface area (TPSA) is 55.5 Å². The van der Waals surface area contributed by atoms with Gasteiger partial charge in [0, 0.05) is 0 Å². The van der Waals surface area contributed by atoms with Crippen molar-refractivity contribution in [2.45, 2.75) is 19.5 Å². The van der Waals surface area contributed by atoms with E-state index in [1.807, 2.05) is 0 Å². The van der Waals surface area contributed by atoms with Crippen LogP contribution in [0.5, 0.6) is 11.5 Å². The Morgan fingerprint density at radius 2 is 2.27 bits per heavy atom. The summed E-state index contributed by atoms with van der Waals surface area (Å²) in [6.45, 7) is 2.54. The van der Waals surface area contributed by atoms with Gasteiger partial charge in [-0.3, -0.25) is 0 Å². The molecule has 84 valence electrons. The van der Waals surface area contributed by atoms with Gasteiger partial charge in [0.05, 0.1) is 6.61 Å². The van der Waals surface area contributed by atoms with Crippen LogP contribution in [-0.4, -0.2) is 18.3 Å². The fraction of sp³-hybridized carbons (Fsp3) is 0.455. The van der Waals surface area contributed by atoms with Gasteiger partial charge in [-0.25, -0.2) is 4.39 Å². The maximum absolute atomic E-state index is 13.5. The summed E-state index contributed by atoms with van der Waals surface area (Å²) in [6, 6.07) is 4.49. The molecule has 1 unspecified atom stereocenters. The number of benzene rings is 1. The molecular weight excluding hydrogens is 197 g/mol. The van der Waals surface area contributed by atoms with Crippen molar-refractivity contribution in [3.05, 3.63) is 23.8 Å². The van der Waals surface area contributed by atoms with Crippen LogP contribution < -0.4 is 10.5 Å². The number of alkyl halides is 1. The molecule has 0 bridgehead atoms. The summed E-state index contributed by atoms with van der Waals surface area (Å²) in [4.78, 5) is 0. The van der Waals surface area contributed by atoms with Crippen molar-refractivity contribution >= 4 is 0 Å². The molecule has 0 fully saturated rings. The Balaban J connectivity index is 2.86. The van der Waals surface area contributed by atoms with E-state index in [0.717, 1.165) is 0 Å². The van der Waals surface area contributed by atoms with Gasteiger partial charge in [0.25, 0.3) is 0 Å². The zero-order valence-corrected chi connectivity index (χ0v) is 8.74. The number of ether oxygens (including phenoxy) is 1. The second-order valence-corrected chi connectivity index (χ2v) is 3.21. The van der Waals surface area contributed by atoms with Crippen molar-refractivity contribution in [3.63, 3.8) is 0 Å². The Morgan fingerprint density at radius 3 is 2.87 bits per heavy atom. The molecule has 1 aromatic carbocycles. The number of aromatic hydroxyl groups is 1. The normalized spacial score (nSPS) is 12.5. The number of phenols is 1. The highest BCUT2D eigenvalue weighted by Gasteiger charge is 2.11. The maximum atomic E-state index is 13.5. The van der Waals surface area contributed by atoms with Gasteiger partial charge >= 0.3 is 0 Å². The lowest BCUT2D eigenvalue weighted by Gasteiger charge is -2.10. The summed E-state index contributed by atoms with van der Waals surface area (Å²) in [5, 5.41) is 9.41. The predicted molar refractivity (Wildman–Crippen MR) is 56.8 cm³/mol. The van der Waals surface area contributed by atoms with Crippen LogP contribution in [0.4, 0.5) is 4.39 Å². The quantitative estimate of drug-likeness (QED) is 0.788. The lowest BCUT2D eigenvalue weighted by molar-refractivity contribution is 0.308. The van der Waals surface area contributed by atoms with Crippen LogP contribution in [0.1, 0.15) is 25.1 Å². The van der Waals surface area contributed by atoms with E-state index in [4.69, 9.17) is 10.5 Å². The fourth-order valence-corrected chi connectivity index (χ4v) is 1.31. The smallest absolute Gasteiger partial charge is 0.161 e. The van der Waals surface area contributed by atoms with E-state index >= 15 is 0 Å². The third-order valence-electron chi connectivity index (χ3n) is 2.07. The molecule has 0 radical (unpaired) electrons. The van der Waals surface area contributed by atoms with Crippen molar-refractivity contribution in [1.82, 2.24) is 0 Å². The van der Waals surface area contributed by atoms with Crippen LogP contribution in [0.3, 0.4) is 0 Å². The van der Waals surface area contributed by atoms with E-state index in [1.54, 1.807) is 6.92 Å². The van der Waals surface area contributed by atoms with Crippen LogP contribution in [-0.2, 0) is 0 Å². The average Bonchev–Trinajstić information content (AvgIpc) is 2.22. The zero-order valence-electron chi connectivity index (χ0n) is 8.74. The summed E-state index contributed by atoms with van der Waals surface area (Å²) in [5.41, 5.74) is 5.76. The number of rotatable bonds is 5. The van der Waals surface area contributed by atoms with Crippen LogP contribution >= 0.6 is 0 Å². The first kappa shape index (κ1) is 11.8. The van der Waals surface area contributed by atoms with E-state index in [-0.39, 0.29) is 12.2 Å². The van der Waals surface area contributed by atoms with E-state index < -0.39 is 6.17 Å². The largest absolute Gasteiger partial charge is 0.504 e.